The summed E-state index contributed by atoms with van der Waals surface area (Å²) in [5, 5.41) is 32.8. The van der Waals surface area contributed by atoms with E-state index in [0.717, 1.165) is 0 Å². The molecule has 2 unspecified atom stereocenters. The molecule has 13 nitrogen and oxygen atoms in total. The fraction of sp³-hybridized carbons (Fsp3) is 0.737. The van der Waals surface area contributed by atoms with Crippen molar-refractivity contribution in [3.63, 3.8) is 0 Å². The molecule has 0 aliphatic carbocycles. The van der Waals surface area contributed by atoms with Crippen molar-refractivity contribution >= 4 is 29.7 Å². The minimum absolute atomic E-state index is 0.205. The molecule has 32 heavy (non-hydrogen) atoms. The van der Waals surface area contributed by atoms with Crippen LogP contribution in [-0.2, 0) is 19.2 Å². The van der Waals surface area contributed by atoms with E-state index >= 15 is 0 Å². The van der Waals surface area contributed by atoms with Gasteiger partial charge in [0.1, 0.15) is 24.2 Å². The average molecular weight is 457 g/mol. The first-order valence-electron chi connectivity index (χ1n) is 10.5. The second-order valence-corrected chi connectivity index (χ2v) is 8.18. The Labute approximate surface area is 184 Å². The molecule has 0 aromatic rings. The molecule has 180 valence electrons. The highest BCUT2D eigenvalue weighted by Gasteiger charge is 2.44. The van der Waals surface area contributed by atoms with Crippen molar-refractivity contribution in [2.45, 2.75) is 75.9 Å². The largest absolute Gasteiger partial charge is 0.465 e. The zero-order valence-electron chi connectivity index (χ0n) is 18.1. The van der Waals surface area contributed by atoms with Crippen LogP contribution in [0, 0.1) is 0 Å². The van der Waals surface area contributed by atoms with E-state index < -0.39 is 66.1 Å². The van der Waals surface area contributed by atoms with Crippen LogP contribution in [0.1, 0.15) is 39.5 Å². The minimum Gasteiger partial charge on any atom is -0.465 e. The second-order valence-electron chi connectivity index (χ2n) is 8.18. The fourth-order valence-electron chi connectivity index (χ4n) is 4.16. The van der Waals surface area contributed by atoms with Crippen LogP contribution >= 0.6 is 0 Å². The molecule has 0 aromatic carbocycles. The molecule has 0 aromatic heterocycles. The molecule has 2 heterocycles. The molecule has 2 saturated heterocycles. The summed E-state index contributed by atoms with van der Waals surface area (Å²) < 4.78 is 0. The molecule has 5 amide bonds. The van der Waals surface area contributed by atoms with Crippen LogP contribution in [0.2, 0.25) is 0 Å². The van der Waals surface area contributed by atoms with Gasteiger partial charge in [0.25, 0.3) is 0 Å². The summed E-state index contributed by atoms with van der Waals surface area (Å²) >= 11 is 0. The van der Waals surface area contributed by atoms with Gasteiger partial charge in [-0.3, -0.25) is 19.2 Å². The molecule has 2 fully saturated rings. The molecule has 0 bridgehead atoms. The van der Waals surface area contributed by atoms with E-state index in [1.165, 1.54) is 23.6 Å². The Hall–Kier alpha value is -2.93. The molecule has 13 heteroatoms. The maximum atomic E-state index is 13.3. The van der Waals surface area contributed by atoms with Crippen LogP contribution in [0.5, 0.6) is 0 Å². The summed E-state index contributed by atoms with van der Waals surface area (Å²) in [4.78, 5) is 63.9. The molecule has 7 N–H and O–H groups in total. The molecule has 2 aliphatic heterocycles. The van der Waals surface area contributed by atoms with Gasteiger partial charge in [0, 0.05) is 13.1 Å². The quantitative estimate of drug-likeness (QED) is 0.226. The second kappa shape index (κ2) is 10.6. The SMILES string of the molecule is C[C@@H](O)[C@H](NC(=O)C1CCCN1C(=O)C1CCCN1C(=O)[C@@H](NC(=O)O)[C@@H](C)O)C(N)=O. The van der Waals surface area contributed by atoms with Crippen molar-refractivity contribution in [2.24, 2.45) is 5.73 Å². The van der Waals surface area contributed by atoms with Crippen molar-refractivity contribution in [3.8, 4) is 0 Å². The molecular weight excluding hydrogens is 426 g/mol. The normalized spacial score (nSPS) is 24.4. The lowest BCUT2D eigenvalue weighted by molar-refractivity contribution is -0.148. The first-order chi connectivity index (χ1) is 15.0. The first-order valence-corrected chi connectivity index (χ1v) is 10.5. The Bertz CT molecular complexity index is 758. The molecule has 0 radical (unpaired) electrons. The van der Waals surface area contributed by atoms with Crippen molar-refractivity contribution < 1.29 is 39.3 Å². The summed E-state index contributed by atoms with van der Waals surface area (Å²) in [5.41, 5.74) is 5.21. The van der Waals surface area contributed by atoms with Gasteiger partial charge in [0.15, 0.2) is 0 Å². The molecule has 6 atom stereocenters. The molecule has 0 spiro atoms. The smallest absolute Gasteiger partial charge is 0.405 e. The molecular formula is C19H31N5O8. The van der Waals surface area contributed by atoms with Gasteiger partial charge in [-0.05, 0) is 39.5 Å². The number of carbonyl (C=O) groups is 5. The number of likely N-dealkylation sites (tertiary alicyclic amines) is 2. The average Bonchev–Trinajstić information content (AvgIpc) is 3.37. The highest BCUT2D eigenvalue weighted by molar-refractivity contribution is 5.96. The number of hydrogen-bond acceptors (Lipinski definition) is 7. The van der Waals surface area contributed by atoms with Crippen LogP contribution in [-0.4, -0.2) is 104 Å². The number of primary amides is 1. The minimum atomic E-state index is -1.48. The zero-order valence-corrected chi connectivity index (χ0v) is 18.1. The highest BCUT2D eigenvalue weighted by Crippen LogP contribution is 2.26. The maximum Gasteiger partial charge on any atom is 0.405 e. The Balaban J connectivity index is 2.15. The number of hydrogen-bond donors (Lipinski definition) is 6. The van der Waals surface area contributed by atoms with Gasteiger partial charge in [-0.2, -0.15) is 0 Å². The van der Waals surface area contributed by atoms with E-state index in [1.807, 2.05) is 5.32 Å². The van der Waals surface area contributed by atoms with Crippen molar-refractivity contribution in [1.82, 2.24) is 20.4 Å². The number of carboxylic acid groups (broad SMARTS) is 1. The number of aliphatic hydroxyl groups is 2. The highest BCUT2D eigenvalue weighted by atomic mass is 16.4. The maximum absolute atomic E-state index is 13.3. The summed E-state index contributed by atoms with van der Waals surface area (Å²) in [7, 11) is 0. The topological polar surface area (TPSA) is 203 Å². The van der Waals surface area contributed by atoms with Gasteiger partial charge in [-0.1, -0.05) is 0 Å². The zero-order chi connectivity index (χ0) is 24.2. The summed E-state index contributed by atoms with van der Waals surface area (Å²) in [5.74, 6) is -2.74. The van der Waals surface area contributed by atoms with E-state index in [1.54, 1.807) is 0 Å². The monoisotopic (exact) mass is 457 g/mol. The van der Waals surface area contributed by atoms with E-state index in [2.05, 4.69) is 5.32 Å². The van der Waals surface area contributed by atoms with Gasteiger partial charge in [0.2, 0.25) is 23.6 Å². The van der Waals surface area contributed by atoms with Gasteiger partial charge in [-0.25, -0.2) is 4.79 Å². The van der Waals surface area contributed by atoms with Crippen molar-refractivity contribution in [1.29, 1.82) is 0 Å². The number of amides is 5. The van der Waals surface area contributed by atoms with Crippen molar-refractivity contribution in [2.75, 3.05) is 13.1 Å². The number of rotatable bonds is 8. The lowest BCUT2D eigenvalue weighted by Gasteiger charge is -2.33. The number of aliphatic hydroxyl groups excluding tert-OH is 2. The van der Waals surface area contributed by atoms with Gasteiger partial charge >= 0.3 is 6.09 Å². The number of nitrogens with zero attached hydrogens (tertiary/aromatic N) is 2. The first kappa shape index (κ1) is 25.3. The standard InChI is InChI=1S/C19H31N5O8/c1-9(25)13(15(20)27)21-16(28)11-5-3-7-23(11)17(29)12-6-4-8-24(12)18(30)14(10(2)26)22-19(31)32/h9-14,22,25-26H,3-8H2,1-2H3,(H2,20,27)(H,21,28)(H,31,32)/t9-,10-,11?,12?,13+,14+/m1/s1. The van der Waals surface area contributed by atoms with E-state index in [-0.39, 0.29) is 13.1 Å². The third kappa shape index (κ3) is 5.65. The van der Waals surface area contributed by atoms with Crippen LogP contribution < -0.4 is 16.4 Å². The lowest BCUT2D eigenvalue weighted by atomic mass is 10.1. The summed E-state index contributed by atoms with van der Waals surface area (Å²) in [6.07, 6.45) is -2.33. The number of nitrogens with two attached hydrogens (primary N) is 1. The van der Waals surface area contributed by atoms with Crippen LogP contribution in [0.15, 0.2) is 0 Å². The van der Waals surface area contributed by atoms with Gasteiger partial charge in [-0.15, -0.1) is 0 Å². The number of nitrogens with one attached hydrogen (secondary N) is 2. The Morgan fingerprint density at radius 2 is 1.41 bits per heavy atom. The lowest BCUT2D eigenvalue weighted by Crippen LogP contribution is -2.59. The van der Waals surface area contributed by atoms with E-state index in [4.69, 9.17) is 10.8 Å². The van der Waals surface area contributed by atoms with E-state index in [9.17, 15) is 34.2 Å². The number of carbonyl (C=O) groups excluding carboxylic acids is 4. The van der Waals surface area contributed by atoms with Gasteiger partial charge < -0.3 is 41.5 Å². The Morgan fingerprint density at radius 3 is 1.91 bits per heavy atom. The predicted octanol–water partition coefficient (Wildman–Crippen LogP) is -2.66. The molecule has 2 rings (SSSR count). The Kier molecular flexibility index (Phi) is 8.38. The van der Waals surface area contributed by atoms with Crippen LogP contribution in [0.4, 0.5) is 4.79 Å². The molecule has 0 saturated carbocycles. The Morgan fingerprint density at radius 1 is 0.875 bits per heavy atom. The third-order valence-corrected chi connectivity index (χ3v) is 5.77. The van der Waals surface area contributed by atoms with E-state index in [0.29, 0.717) is 25.7 Å². The summed E-state index contributed by atoms with van der Waals surface area (Å²) in [6.45, 7) is 3.04. The van der Waals surface area contributed by atoms with Crippen molar-refractivity contribution in [3.05, 3.63) is 0 Å². The van der Waals surface area contributed by atoms with Crippen LogP contribution in [0.25, 0.3) is 0 Å². The van der Waals surface area contributed by atoms with Crippen LogP contribution in [0.3, 0.4) is 0 Å². The van der Waals surface area contributed by atoms with Gasteiger partial charge in [0.05, 0.1) is 12.2 Å². The summed E-state index contributed by atoms with van der Waals surface area (Å²) in [6, 6.07) is -4.54. The molecule has 2 aliphatic rings. The fourth-order valence-corrected chi connectivity index (χ4v) is 4.16. The predicted molar refractivity (Wildman–Crippen MR) is 109 cm³/mol. The third-order valence-electron chi connectivity index (χ3n) is 5.77.